The Morgan fingerprint density at radius 3 is 0.977 bits per heavy atom. The Morgan fingerprint density at radius 2 is 0.682 bits per heavy atom. The fourth-order valence-electron chi connectivity index (χ4n) is 3.92. The third kappa shape index (κ3) is 10.5. The zero-order valence-corrected chi connectivity index (χ0v) is 28.0. The number of pyridine rings is 3. The Bertz CT molecular complexity index is 1510. The second kappa shape index (κ2) is 19.1. The van der Waals surface area contributed by atoms with Crippen molar-refractivity contribution in [2.75, 3.05) is 0 Å². The molecular weight excluding hydrogens is 901 g/mol. The molecule has 0 fully saturated rings. The van der Waals surface area contributed by atoms with Gasteiger partial charge in [-0.3, -0.25) is 0 Å². The van der Waals surface area contributed by atoms with E-state index in [2.05, 4.69) is 45.3 Å². The number of benzene rings is 4. The summed E-state index contributed by atoms with van der Waals surface area (Å²) in [4.78, 5) is 12.8. The molecule has 7 aromatic rings. The molecular formula is C39H26N3Pt2-3. The molecule has 0 spiro atoms. The van der Waals surface area contributed by atoms with Crippen molar-refractivity contribution in [2.45, 2.75) is 0 Å². The van der Waals surface area contributed by atoms with Crippen LogP contribution in [0.3, 0.4) is 0 Å². The van der Waals surface area contributed by atoms with E-state index in [0.717, 1.165) is 44.9 Å². The van der Waals surface area contributed by atoms with E-state index in [1.54, 1.807) is 18.6 Å². The molecule has 0 N–H and O–H groups in total. The SMILES string of the molecule is [Pt+2].[Pt].[c-]1cc(-c2ccccn2)[c-]cc1-c1ccccn1.[c-]1ccccc1-c1[c-]cccc1.[c-]1ccccc1-c1ccccn1. The first kappa shape index (κ1) is 34.2. The summed E-state index contributed by atoms with van der Waals surface area (Å²) in [6.45, 7) is 0. The Hall–Kier alpha value is -4.29. The molecule has 0 aliphatic heterocycles. The Labute approximate surface area is 288 Å². The largest absolute Gasteiger partial charge is 2.00 e. The molecule has 0 unspecified atom stereocenters. The molecule has 0 saturated carbocycles. The van der Waals surface area contributed by atoms with Crippen molar-refractivity contribution in [2.24, 2.45) is 0 Å². The molecule has 3 aromatic heterocycles. The van der Waals surface area contributed by atoms with E-state index in [1.165, 1.54) is 0 Å². The molecule has 0 amide bonds. The van der Waals surface area contributed by atoms with Gasteiger partial charge in [-0.15, -0.1) is 48.0 Å². The fraction of sp³-hybridized carbons (Fsp3) is 0. The fourth-order valence-corrected chi connectivity index (χ4v) is 3.92. The predicted molar refractivity (Wildman–Crippen MR) is 169 cm³/mol. The molecule has 0 bridgehead atoms. The van der Waals surface area contributed by atoms with E-state index in [4.69, 9.17) is 0 Å². The number of hydrogen-bond donors (Lipinski definition) is 0. The normalized spacial score (nSPS) is 9.45. The van der Waals surface area contributed by atoms with Gasteiger partial charge in [0, 0.05) is 39.7 Å². The molecule has 44 heavy (non-hydrogen) atoms. The first-order valence-electron chi connectivity index (χ1n) is 13.4. The standard InChI is InChI=1S/C16H10N2.C12H8.C11H8N.2Pt/c1-3-11-17-15(5-1)13-7-9-14(10-8-13)16-6-2-4-12-18-16;1-3-7-11(8-4-1)12-9-5-2-6-10-12;1-2-6-10(7-3-1)11-8-4-5-9-12-11;;/h1-7,10-12H;1-7,9H;1-6,8-9H;;/q2*-2;-1;;+2. The monoisotopic (exact) mass is 926 g/mol. The van der Waals surface area contributed by atoms with Gasteiger partial charge >= 0.3 is 21.1 Å². The van der Waals surface area contributed by atoms with Crippen LogP contribution in [0.15, 0.2) is 158 Å². The average molecular weight is 927 g/mol. The number of hydrogen-bond acceptors (Lipinski definition) is 3. The zero-order chi connectivity index (χ0) is 28.7. The maximum atomic E-state index is 4.28. The minimum atomic E-state index is 0. The van der Waals surface area contributed by atoms with Crippen molar-refractivity contribution in [3.63, 3.8) is 0 Å². The van der Waals surface area contributed by atoms with E-state index >= 15 is 0 Å². The van der Waals surface area contributed by atoms with Crippen LogP contribution in [0.4, 0.5) is 0 Å². The molecule has 0 radical (unpaired) electrons. The third-order valence-corrected chi connectivity index (χ3v) is 5.98. The molecule has 0 atom stereocenters. The molecule has 5 heteroatoms. The molecule has 220 valence electrons. The minimum absolute atomic E-state index is 0. The molecule has 0 saturated heterocycles. The second-order valence-corrected chi connectivity index (χ2v) is 8.88. The Morgan fingerprint density at radius 1 is 0.341 bits per heavy atom. The second-order valence-electron chi connectivity index (χ2n) is 8.88. The van der Waals surface area contributed by atoms with Gasteiger partial charge in [0.1, 0.15) is 0 Å². The molecule has 7 rings (SSSR count). The van der Waals surface area contributed by atoms with Crippen molar-refractivity contribution in [3.05, 3.63) is 188 Å². The van der Waals surface area contributed by atoms with Crippen LogP contribution in [0.25, 0.3) is 44.9 Å². The molecule has 3 heterocycles. The van der Waals surface area contributed by atoms with Crippen molar-refractivity contribution in [1.82, 2.24) is 15.0 Å². The van der Waals surface area contributed by atoms with E-state index in [9.17, 15) is 0 Å². The van der Waals surface area contributed by atoms with Gasteiger partial charge in [0.05, 0.1) is 0 Å². The van der Waals surface area contributed by atoms with Crippen LogP contribution in [0, 0.1) is 30.3 Å². The summed E-state index contributed by atoms with van der Waals surface area (Å²) >= 11 is 0. The van der Waals surface area contributed by atoms with Gasteiger partial charge in [-0.05, 0) is 23.9 Å². The Kier molecular flexibility index (Phi) is 14.8. The molecule has 0 aliphatic rings. The maximum absolute atomic E-state index is 4.28. The van der Waals surface area contributed by atoms with Crippen LogP contribution < -0.4 is 0 Å². The van der Waals surface area contributed by atoms with Crippen molar-refractivity contribution >= 4 is 0 Å². The van der Waals surface area contributed by atoms with Gasteiger partial charge < -0.3 is 15.0 Å². The van der Waals surface area contributed by atoms with Crippen LogP contribution in [0.1, 0.15) is 0 Å². The van der Waals surface area contributed by atoms with Gasteiger partial charge in [-0.2, -0.15) is 48.5 Å². The van der Waals surface area contributed by atoms with Crippen molar-refractivity contribution in [1.29, 1.82) is 0 Å². The van der Waals surface area contributed by atoms with Crippen LogP contribution in [0.2, 0.25) is 0 Å². The van der Waals surface area contributed by atoms with Gasteiger partial charge in [-0.1, -0.05) is 47.8 Å². The van der Waals surface area contributed by atoms with Gasteiger partial charge in [0.2, 0.25) is 0 Å². The summed E-state index contributed by atoms with van der Waals surface area (Å²) in [6, 6.07) is 60.8. The minimum Gasteiger partial charge on any atom is -0.315 e. The van der Waals surface area contributed by atoms with Crippen molar-refractivity contribution in [3.8, 4) is 44.9 Å². The predicted octanol–water partition coefficient (Wildman–Crippen LogP) is 8.91. The van der Waals surface area contributed by atoms with Crippen LogP contribution >= 0.6 is 0 Å². The van der Waals surface area contributed by atoms with E-state index in [-0.39, 0.29) is 42.1 Å². The first-order chi connectivity index (χ1) is 20.9. The number of aromatic nitrogens is 3. The summed E-state index contributed by atoms with van der Waals surface area (Å²) in [6.07, 6.45) is 5.34. The first-order valence-corrected chi connectivity index (χ1v) is 13.4. The van der Waals surface area contributed by atoms with Gasteiger partial charge in [-0.25, -0.2) is 46.5 Å². The number of rotatable bonds is 4. The quantitative estimate of drug-likeness (QED) is 0.166. The van der Waals surface area contributed by atoms with Crippen molar-refractivity contribution < 1.29 is 42.1 Å². The van der Waals surface area contributed by atoms with E-state index in [1.807, 2.05) is 140 Å². The van der Waals surface area contributed by atoms with Gasteiger partial charge in [0.25, 0.3) is 0 Å². The van der Waals surface area contributed by atoms with Crippen LogP contribution in [-0.2, 0) is 42.1 Å². The summed E-state index contributed by atoms with van der Waals surface area (Å²) in [5, 5.41) is 0. The van der Waals surface area contributed by atoms with E-state index < -0.39 is 0 Å². The molecule has 4 aromatic carbocycles. The Balaban J connectivity index is 0.000000182. The number of nitrogens with zero attached hydrogens (tertiary/aromatic N) is 3. The van der Waals surface area contributed by atoms with E-state index in [0.29, 0.717) is 0 Å². The maximum Gasteiger partial charge on any atom is 2.00 e. The summed E-state index contributed by atoms with van der Waals surface area (Å²) in [5.74, 6) is 0. The van der Waals surface area contributed by atoms with Crippen LogP contribution in [-0.4, -0.2) is 15.0 Å². The molecule has 3 nitrogen and oxygen atoms in total. The van der Waals surface area contributed by atoms with Gasteiger partial charge in [0.15, 0.2) is 0 Å². The summed E-state index contributed by atoms with van der Waals surface area (Å²) in [5.41, 5.74) is 7.89. The average Bonchev–Trinajstić information content (AvgIpc) is 3.11. The smallest absolute Gasteiger partial charge is 0.315 e. The third-order valence-electron chi connectivity index (χ3n) is 5.98. The molecule has 0 aliphatic carbocycles. The zero-order valence-electron chi connectivity index (χ0n) is 23.5. The van der Waals surface area contributed by atoms with Crippen LogP contribution in [0.5, 0.6) is 0 Å². The summed E-state index contributed by atoms with van der Waals surface area (Å²) < 4.78 is 0. The topological polar surface area (TPSA) is 38.7 Å². The summed E-state index contributed by atoms with van der Waals surface area (Å²) in [7, 11) is 0.